The van der Waals surface area contributed by atoms with Crippen LogP contribution in [0.15, 0.2) is 48.8 Å². The van der Waals surface area contributed by atoms with E-state index in [1.54, 1.807) is 12.4 Å². The van der Waals surface area contributed by atoms with Crippen molar-refractivity contribution >= 4 is 44.9 Å². The van der Waals surface area contributed by atoms with Gasteiger partial charge < -0.3 is 0 Å². The Morgan fingerprint density at radius 1 is 0.560 bits per heavy atom. The van der Waals surface area contributed by atoms with E-state index in [0.717, 1.165) is 21.8 Å². The normalized spacial score (nSPS) is 10.9. The molecule has 0 atom stereocenters. The molecule has 2 heterocycles. The molecule has 2 aromatic heterocycles. The molecule has 0 aliphatic rings. The number of fused-ring (bicyclic) bond motifs is 3. The zero-order valence-corrected chi connectivity index (χ0v) is 15.2. The summed E-state index contributed by atoms with van der Waals surface area (Å²) in [7, 11) is -9.89. The van der Waals surface area contributed by atoms with Crippen LogP contribution in [0.3, 0.4) is 0 Å². The van der Waals surface area contributed by atoms with Gasteiger partial charge in [0.05, 0.1) is 11.0 Å². The maximum Gasteiger partial charge on any atom is 2.00 e. The minimum absolute atomic E-state index is 0. The molecule has 3 aromatic rings. The molecule has 3 rings (SSSR count). The minimum Gasteiger partial charge on any atom is -0.254 e. The quantitative estimate of drug-likeness (QED) is 0.255. The van der Waals surface area contributed by atoms with Crippen LogP contribution in [-0.2, 0) is 0 Å². The topological polar surface area (TPSA) is 210 Å². The van der Waals surface area contributed by atoms with Crippen LogP contribution in [-0.4, -0.2) is 33.0 Å². The zero-order chi connectivity index (χ0) is 18.4. The molecule has 10 nitrogen and oxygen atoms in total. The molecule has 0 bridgehead atoms. The second-order valence-corrected chi connectivity index (χ2v) is 5.48. The number of aromatic nitrogens is 2. The zero-order valence-electron chi connectivity index (χ0n) is 12.2. The summed E-state index contributed by atoms with van der Waals surface area (Å²) in [6, 6.07) is 12.1. The Balaban J connectivity index is 0.000000445. The Hall–Kier alpha value is -0.934. The van der Waals surface area contributed by atoms with Gasteiger partial charge in [-0.1, -0.05) is 24.3 Å². The van der Waals surface area contributed by atoms with Crippen LogP contribution < -0.4 is 37.3 Å². The van der Waals surface area contributed by atoms with Crippen LogP contribution in [0.4, 0.5) is 0 Å². The van der Waals surface area contributed by atoms with Crippen molar-refractivity contribution < 1.29 is 57.8 Å². The van der Waals surface area contributed by atoms with Gasteiger partial charge in [-0.2, -0.15) is 0 Å². The summed E-state index contributed by atoms with van der Waals surface area (Å²) < 4.78 is 67.9. The Labute approximate surface area is 161 Å². The van der Waals surface area contributed by atoms with Gasteiger partial charge in [0.1, 0.15) is 0 Å². The molecule has 0 spiro atoms. The second-order valence-electron chi connectivity index (χ2n) is 3.97. The fourth-order valence-corrected chi connectivity index (χ4v) is 1.68. The molecular formula is C12H8Cl2MgN2O8. The molecule has 130 valence electrons. The summed E-state index contributed by atoms with van der Waals surface area (Å²) in [6.07, 6.45) is 3.60. The summed E-state index contributed by atoms with van der Waals surface area (Å²) in [5.41, 5.74) is 1.95. The number of pyridine rings is 2. The molecule has 1 aromatic carbocycles. The van der Waals surface area contributed by atoms with E-state index in [2.05, 4.69) is 34.2 Å². The number of rotatable bonds is 0. The van der Waals surface area contributed by atoms with Crippen molar-refractivity contribution in [2.24, 2.45) is 0 Å². The van der Waals surface area contributed by atoms with E-state index < -0.39 is 20.5 Å². The predicted octanol–water partition coefficient (Wildman–Crippen LogP) is -7.11. The van der Waals surface area contributed by atoms with Crippen molar-refractivity contribution in [3.63, 3.8) is 0 Å². The number of hydrogen-bond donors (Lipinski definition) is 0. The Morgan fingerprint density at radius 2 is 0.840 bits per heavy atom. The SMILES string of the molecule is [Mg+2].[O-][Cl+3]([O-])([O-])[O-].[O-][Cl+3]([O-])([O-])[O-].c1cnc2c(c1)ccc1cccnc12. The molecular weight excluding hydrogens is 395 g/mol. The molecule has 0 radical (unpaired) electrons. The smallest absolute Gasteiger partial charge is 0.254 e. The molecule has 0 unspecified atom stereocenters. The van der Waals surface area contributed by atoms with Crippen molar-refractivity contribution in [1.82, 2.24) is 9.97 Å². The Bertz CT molecular complexity index is 718. The molecule has 25 heavy (non-hydrogen) atoms. The minimum atomic E-state index is -4.94. The van der Waals surface area contributed by atoms with Crippen molar-refractivity contribution in [2.45, 2.75) is 0 Å². The fraction of sp³-hybridized carbons (Fsp3) is 0. The van der Waals surface area contributed by atoms with Gasteiger partial charge in [0.2, 0.25) is 0 Å². The number of hydrogen-bond acceptors (Lipinski definition) is 10. The summed E-state index contributed by atoms with van der Waals surface area (Å²) in [5.74, 6) is 0. The van der Waals surface area contributed by atoms with Crippen LogP contribution in [0, 0.1) is 20.5 Å². The van der Waals surface area contributed by atoms with Crippen LogP contribution in [0.1, 0.15) is 0 Å². The van der Waals surface area contributed by atoms with Crippen LogP contribution in [0.2, 0.25) is 0 Å². The average molecular weight is 403 g/mol. The average Bonchev–Trinajstić information content (AvgIpc) is 2.44. The molecule has 0 saturated heterocycles. The van der Waals surface area contributed by atoms with E-state index in [-0.39, 0.29) is 23.1 Å². The maximum atomic E-state index is 8.49. The maximum absolute atomic E-state index is 8.49. The Kier molecular flexibility index (Phi) is 9.89. The van der Waals surface area contributed by atoms with Gasteiger partial charge in [-0.15, -0.1) is 20.5 Å². The van der Waals surface area contributed by atoms with Crippen molar-refractivity contribution in [3.8, 4) is 0 Å². The molecule has 0 aliphatic heterocycles. The van der Waals surface area contributed by atoms with E-state index in [1.165, 1.54) is 0 Å². The third-order valence-corrected chi connectivity index (χ3v) is 2.34. The fourth-order valence-electron chi connectivity index (χ4n) is 1.68. The first-order valence-corrected chi connectivity index (χ1v) is 8.24. The van der Waals surface area contributed by atoms with Crippen LogP contribution >= 0.6 is 0 Å². The number of benzene rings is 1. The molecule has 0 fully saturated rings. The Morgan fingerprint density at radius 3 is 1.12 bits per heavy atom. The van der Waals surface area contributed by atoms with Gasteiger partial charge in [-0.25, -0.2) is 37.3 Å². The summed E-state index contributed by atoms with van der Waals surface area (Å²) in [4.78, 5) is 8.69. The van der Waals surface area contributed by atoms with E-state index in [0.29, 0.717) is 0 Å². The third-order valence-electron chi connectivity index (χ3n) is 2.34. The molecule has 0 amide bonds. The van der Waals surface area contributed by atoms with Crippen LogP contribution in [0.5, 0.6) is 0 Å². The van der Waals surface area contributed by atoms with Gasteiger partial charge in [0.15, 0.2) is 0 Å². The van der Waals surface area contributed by atoms with E-state index in [4.69, 9.17) is 37.3 Å². The molecule has 13 heteroatoms. The third kappa shape index (κ3) is 11.3. The van der Waals surface area contributed by atoms with Gasteiger partial charge in [-0.3, -0.25) is 9.97 Å². The largest absolute Gasteiger partial charge is 2.00 e. The van der Waals surface area contributed by atoms with E-state index in [9.17, 15) is 0 Å². The first kappa shape index (κ1) is 24.1. The van der Waals surface area contributed by atoms with Gasteiger partial charge in [0, 0.05) is 23.2 Å². The van der Waals surface area contributed by atoms with Gasteiger partial charge >= 0.3 is 23.1 Å². The first-order chi connectivity index (χ1) is 10.9. The molecule has 0 saturated carbocycles. The van der Waals surface area contributed by atoms with Crippen LogP contribution in [0.25, 0.3) is 21.8 Å². The van der Waals surface area contributed by atoms with Crippen molar-refractivity contribution in [2.75, 3.05) is 0 Å². The predicted molar refractivity (Wildman–Crippen MR) is 62.8 cm³/mol. The molecule has 0 aliphatic carbocycles. The summed E-state index contributed by atoms with van der Waals surface area (Å²) in [5, 5.41) is 2.28. The van der Waals surface area contributed by atoms with Crippen molar-refractivity contribution in [3.05, 3.63) is 48.8 Å². The van der Waals surface area contributed by atoms with E-state index >= 15 is 0 Å². The monoisotopic (exact) mass is 402 g/mol. The summed E-state index contributed by atoms with van der Waals surface area (Å²) in [6.45, 7) is 0. The first-order valence-electron chi connectivity index (χ1n) is 5.77. The number of halogens is 2. The molecule has 0 N–H and O–H groups in total. The summed E-state index contributed by atoms with van der Waals surface area (Å²) >= 11 is 0. The van der Waals surface area contributed by atoms with E-state index in [1.807, 2.05) is 12.1 Å². The van der Waals surface area contributed by atoms with Crippen molar-refractivity contribution in [1.29, 1.82) is 0 Å². The number of nitrogens with zero attached hydrogens (tertiary/aromatic N) is 2. The van der Waals surface area contributed by atoms with Gasteiger partial charge in [0.25, 0.3) is 0 Å². The second kappa shape index (κ2) is 10.3. The van der Waals surface area contributed by atoms with Gasteiger partial charge in [-0.05, 0) is 12.1 Å². The standard InChI is InChI=1S/C12H8N2.2ClHO4.Mg/c1-3-9-5-6-10-4-2-8-14-12(10)11(9)13-7-1;2*2-1(3,4)5;/h1-8H;2*(H,2,3,4,5);/q;;;+2/p-2.